The standard InChI is InChI=1S/C13H7Br2FN2O3/c14-9-6-7(4-5-10(9)16)17-13(19)8-2-1-3-11(12(8)15)18(20)21/h1-6H,(H,17,19). The summed E-state index contributed by atoms with van der Waals surface area (Å²) < 4.78 is 13.4. The largest absolute Gasteiger partial charge is 0.322 e. The van der Waals surface area contributed by atoms with Gasteiger partial charge in [-0.25, -0.2) is 4.39 Å². The molecule has 0 atom stereocenters. The third-order valence-electron chi connectivity index (χ3n) is 2.60. The minimum atomic E-state index is -0.588. The van der Waals surface area contributed by atoms with E-state index >= 15 is 0 Å². The van der Waals surface area contributed by atoms with Crippen LogP contribution in [0.25, 0.3) is 0 Å². The smallest absolute Gasteiger partial charge is 0.284 e. The predicted octanol–water partition coefficient (Wildman–Crippen LogP) is 4.51. The van der Waals surface area contributed by atoms with E-state index in [-0.39, 0.29) is 20.2 Å². The molecule has 1 N–H and O–H groups in total. The maximum absolute atomic E-state index is 13.1. The predicted molar refractivity (Wildman–Crippen MR) is 82.8 cm³/mol. The first-order chi connectivity index (χ1) is 9.90. The molecule has 2 aromatic carbocycles. The van der Waals surface area contributed by atoms with Gasteiger partial charge in [0.2, 0.25) is 0 Å². The Morgan fingerprint density at radius 1 is 1.24 bits per heavy atom. The Morgan fingerprint density at radius 3 is 2.57 bits per heavy atom. The number of nitro groups is 1. The molecule has 2 aromatic rings. The van der Waals surface area contributed by atoms with Gasteiger partial charge < -0.3 is 5.32 Å². The number of hydrogen-bond acceptors (Lipinski definition) is 3. The molecule has 8 heteroatoms. The quantitative estimate of drug-likeness (QED) is 0.589. The molecule has 0 unspecified atom stereocenters. The third kappa shape index (κ3) is 3.45. The van der Waals surface area contributed by atoms with Gasteiger partial charge in [-0.1, -0.05) is 6.07 Å². The van der Waals surface area contributed by atoms with Crippen molar-refractivity contribution in [3.8, 4) is 0 Å². The molecule has 0 bridgehead atoms. The van der Waals surface area contributed by atoms with Crippen LogP contribution in [-0.4, -0.2) is 10.8 Å². The monoisotopic (exact) mass is 416 g/mol. The SMILES string of the molecule is O=C(Nc1ccc(F)c(Br)c1)c1cccc([N+](=O)[O-])c1Br. The first-order valence-corrected chi connectivity index (χ1v) is 7.18. The summed E-state index contributed by atoms with van der Waals surface area (Å²) in [5.74, 6) is -0.992. The van der Waals surface area contributed by atoms with Crippen LogP contribution in [0.1, 0.15) is 10.4 Å². The molecule has 0 aliphatic heterocycles. The minimum Gasteiger partial charge on any atom is -0.322 e. The van der Waals surface area contributed by atoms with E-state index in [4.69, 9.17) is 0 Å². The van der Waals surface area contributed by atoms with Crippen LogP contribution in [0.2, 0.25) is 0 Å². The summed E-state index contributed by atoms with van der Waals surface area (Å²) in [6.07, 6.45) is 0. The highest BCUT2D eigenvalue weighted by Crippen LogP contribution is 2.29. The second-order valence-electron chi connectivity index (χ2n) is 3.98. The molecule has 0 spiro atoms. The van der Waals surface area contributed by atoms with Crippen LogP contribution in [0.15, 0.2) is 45.3 Å². The molecule has 0 aliphatic rings. The maximum atomic E-state index is 13.1. The molecule has 0 saturated heterocycles. The van der Waals surface area contributed by atoms with E-state index in [0.717, 1.165) is 0 Å². The number of nitro benzene ring substituents is 1. The van der Waals surface area contributed by atoms with Gasteiger partial charge in [-0.3, -0.25) is 14.9 Å². The number of rotatable bonds is 3. The number of anilines is 1. The first kappa shape index (κ1) is 15.6. The van der Waals surface area contributed by atoms with Crippen molar-refractivity contribution in [2.24, 2.45) is 0 Å². The van der Waals surface area contributed by atoms with E-state index in [0.29, 0.717) is 5.69 Å². The van der Waals surface area contributed by atoms with Crippen LogP contribution in [0.3, 0.4) is 0 Å². The van der Waals surface area contributed by atoms with Crippen LogP contribution in [0, 0.1) is 15.9 Å². The van der Waals surface area contributed by atoms with E-state index < -0.39 is 16.6 Å². The van der Waals surface area contributed by atoms with Crippen molar-refractivity contribution in [2.45, 2.75) is 0 Å². The van der Waals surface area contributed by atoms with Crippen molar-refractivity contribution < 1.29 is 14.1 Å². The van der Waals surface area contributed by atoms with E-state index in [2.05, 4.69) is 37.2 Å². The number of nitrogens with zero attached hydrogens (tertiary/aromatic N) is 1. The van der Waals surface area contributed by atoms with Gasteiger partial charge in [0.25, 0.3) is 11.6 Å². The zero-order chi connectivity index (χ0) is 15.6. The van der Waals surface area contributed by atoms with Crippen molar-refractivity contribution in [1.29, 1.82) is 0 Å². The topological polar surface area (TPSA) is 72.2 Å². The van der Waals surface area contributed by atoms with Gasteiger partial charge in [0.05, 0.1) is 15.0 Å². The Morgan fingerprint density at radius 2 is 1.95 bits per heavy atom. The zero-order valence-electron chi connectivity index (χ0n) is 10.3. The summed E-state index contributed by atoms with van der Waals surface area (Å²) in [6.45, 7) is 0. The van der Waals surface area contributed by atoms with E-state index in [9.17, 15) is 19.3 Å². The van der Waals surface area contributed by atoms with Crippen LogP contribution in [0.5, 0.6) is 0 Å². The molecule has 1 amide bonds. The van der Waals surface area contributed by atoms with Gasteiger partial charge in [-0.15, -0.1) is 0 Å². The van der Waals surface area contributed by atoms with Gasteiger partial charge in [0, 0.05) is 11.8 Å². The molecule has 0 aromatic heterocycles. The summed E-state index contributed by atoms with van der Waals surface area (Å²) in [6, 6.07) is 8.14. The Balaban J connectivity index is 2.30. The van der Waals surface area contributed by atoms with Gasteiger partial charge in [0.1, 0.15) is 10.3 Å². The lowest BCUT2D eigenvalue weighted by molar-refractivity contribution is -0.385. The molecule has 2 rings (SSSR count). The number of carbonyl (C=O) groups excluding carboxylic acids is 1. The van der Waals surface area contributed by atoms with Crippen LogP contribution in [-0.2, 0) is 0 Å². The number of amides is 1. The van der Waals surface area contributed by atoms with Gasteiger partial charge in [0.15, 0.2) is 0 Å². The van der Waals surface area contributed by atoms with Gasteiger partial charge in [-0.2, -0.15) is 0 Å². The summed E-state index contributed by atoms with van der Waals surface area (Å²) in [5.41, 5.74) is 0.277. The normalized spacial score (nSPS) is 10.2. The summed E-state index contributed by atoms with van der Waals surface area (Å²) in [5, 5.41) is 13.4. The highest BCUT2D eigenvalue weighted by molar-refractivity contribution is 9.11. The lowest BCUT2D eigenvalue weighted by atomic mass is 10.2. The molecule has 0 saturated carbocycles. The van der Waals surface area contributed by atoms with Gasteiger partial charge in [-0.05, 0) is 56.1 Å². The second kappa shape index (κ2) is 6.31. The molecule has 21 heavy (non-hydrogen) atoms. The molecule has 0 radical (unpaired) electrons. The van der Waals surface area contributed by atoms with E-state index in [1.54, 1.807) is 0 Å². The fourth-order valence-corrected chi connectivity index (χ4v) is 2.58. The Labute approximate surface area is 135 Å². The fourth-order valence-electron chi connectivity index (χ4n) is 1.61. The zero-order valence-corrected chi connectivity index (χ0v) is 13.4. The van der Waals surface area contributed by atoms with Crippen LogP contribution >= 0.6 is 31.9 Å². The van der Waals surface area contributed by atoms with Crippen LogP contribution in [0.4, 0.5) is 15.8 Å². The number of nitrogens with one attached hydrogen (secondary N) is 1. The Bertz CT molecular complexity index is 737. The van der Waals surface area contributed by atoms with Crippen molar-refractivity contribution in [3.63, 3.8) is 0 Å². The molecular formula is C13H7Br2FN2O3. The Hall–Kier alpha value is -1.80. The minimum absolute atomic E-state index is 0.0914. The number of benzene rings is 2. The lowest BCUT2D eigenvalue weighted by Crippen LogP contribution is -2.13. The van der Waals surface area contributed by atoms with Gasteiger partial charge >= 0.3 is 0 Å². The summed E-state index contributed by atoms with van der Waals surface area (Å²) >= 11 is 6.06. The van der Waals surface area contributed by atoms with Crippen molar-refractivity contribution in [2.75, 3.05) is 5.32 Å². The Kier molecular flexibility index (Phi) is 4.69. The maximum Gasteiger partial charge on any atom is 0.284 e. The lowest BCUT2D eigenvalue weighted by Gasteiger charge is -2.07. The van der Waals surface area contributed by atoms with Crippen molar-refractivity contribution >= 4 is 49.1 Å². The first-order valence-electron chi connectivity index (χ1n) is 5.59. The molecule has 5 nitrogen and oxygen atoms in total. The molecular weight excluding hydrogens is 411 g/mol. The van der Waals surface area contributed by atoms with Crippen LogP contribution < -0.4 is 5.32 Å². The average Bonchev–Trinajstić information content (AvgIpc) is 2.42. The molecule has 0 fully saturated rings. The molecule has 0 aliphatic carbocycles. The van der Waals surface area contributed by atoms with E-state index in [1.165, 1.54) is 36.4 Å². The molecule has 108 valence electrons. The number of carbonyl (C=O) groups is 1. The number of halogens is 3. The van der Waals surface area contributed by atoms with Crippen molar-refractivity contribution in [3.05, 3.63) is 66.8 Å². The fraction of sp³-hybridized carbons (Fsp3) is 0. The number of hydrogen-bond donors (Lipinski definition) is 1. The third-order valence-corrected chi connectivity index (χ3v) is 4.04. The second-order valence-corrected chi connectivity index (χ2v) is 5.63. The van der Waals surface area contributed by atoms with E-state index in [1.807, 2.05) is 0 Å². The summed E-state index contributed by atoms with van der Waals surface area (Å²) in [7, 11) is 0. The highest BCUT2D eigenvalue weighted by atomic mass is 79.9. The van der Waals surface area contributed by atoms with Crippen molar-refractivity contribution in [1.82, 2.24) is 0 Å². The average molecular weight is 418 g/mol. The molecule has 0 heterocycles. The summed E-state index contributed by atoms with van der Waals surface area (Å²) in [4.78, 5) is 22.4. The highest BCUT2D eigenvalue weighted by Gasteiger charge is 2.19.